The molecule has 20 heavy (non-hydrogen) atoms. The van der Waals surface area contributed by atoms with E-state index in [1.54, 1.807) is 6.07 Å². The Morgan fingerprint density at radius 2 is 1.60 bits per heavy atom. The summed E-state index contributed by atoms with van der Waals surface area (Å²) in [6, 6.07) is 4.44. The molecular formula is C12H13NO7. The lowest BCUT2D eigenvalue weighted by Gasteiger charge is -2.03. The molecule has 8 nitrogen and oxygen atoms in total. The maximum Gasteiger partial charge on any atom is 0.337 e. The van der Waals surface area contributed by atoms with Crippen LogP contribution in [-0.2, 0) is 9.59 Å². The maximum atomic E-state index is 10.5. The van der Waals surface area contributed by atoms with Crippen LogP contribution in [0.4, 0.5) is 5.69 Å². The summed E-state index contributed by atoms with van der Waals surface area (Å²) in [5.41, 5.74) is 5.74. The second-order valence-electron chi connectivity index (χ2n) is 3.27. The van der Waals surface area contributed by atoms with Gasteiger partial charge in [0.1, 0.15) is 5.75 Å². The number of methoxy groups -OCH3 is 1. The van der Waals surface area contributed by atoms with Crippen molar-refractivity contribution in [1.29, 1.82) is 0 Å². The Bertz CT molecular complexity index is 521. The molecule has 0 saturated heterocycles. The minimum atomic E-state index is -1.26. The molecule has 0 bridgehead atoms. The summed E-state index contributed by atoms with van der Waals surface area (Å²) in [7, 11) is 1.50. The summed E-state index contributed by atoms with van der Waals surface area (Å²) in [5, 5.41) is 24.2. The fourth-order valence-corrected chi connectivity index (χ4v) is 1.01. The molecule has 0 atom stereocenters. The van der Waals surface area contributed by atoms with Crippen molar-refractivity contribution in [1.82, 2.24) is 0 Å². The van der Waals surface area contributed by atoms with Crippen LogP contribution in [0.15, 0.2) is 30.4 Å². The van der Waals surface area contributed by atoms with Crippen LogP contribution >= 0.6 is 0 Å². The van der Waals surface area contributed by atoms with E-state index >= 15 is 0 Å². The largest absolute Gasteiger partial charge is 0.497 e. The highest BCUT2D eigenvalue weighted by Crippen LogP contribution is 2.19. The monoisotopic (exact) mass is 283 g/mol. The van der Waals surface area contributed by atoms with Gasteiger partial charge in [0.05, 0.1) is 12.7 Å². The maximum absolute atomic E-state index is 10.5. The molecule has 1 aromatic carbocycles. The van der Waals surface area contributed by atoms with E-state index in [1.165, 1.54) is 19.2 Å². The number of aromatic carboxylic acids is 1. The predicted molar refractivity (Wildman–Crippen MR) is 68.8 cm³/mol. The quantitative estimate of drug-likeness (QED) is 0.466. The van der Waals surface area contributed by atoms with Crippen molar-refractivity contribution in [2.75, 3.05) is 12.8 Å². The SMILES string of the molecule is COc1ccc(C(=O)O)c(N)c1.O=C(O)/C=C\C(=O)O. The number of carboxylic acids is 3. The van der Waals surface area contributed by atoms with Crippen LogP contribution in [-0.4, -0.2) is 40.3 Å². The van der Waals surface area contributed by atoms with Gasteiger partial charge >= 0.3 is 17.9 Å². The summed E-state index contributed by atoms with van der Waals surface area (Å²) < 4.78 is 4.86. The first-order valence-electron chi connectivity index (χ1n) is 5.08. The first kappa shape index (κ1) is 17.0. The standard InChI is InChI=1S/C8H9NO3.C4H4O4/c1-12-5-2-3-6(8(10)11)7(9)4-5;5-3(6)1-2-4(7)8/h2-4H,9H2,1H3,(H,10,11);1-2H,(H,5,6)(H,7,8)/b;2-1-. The first-order chi connectivity index (χ1) is 9.27. The number of carboxylic acid groups (broad SMARTS) is 3. The zero-order chi connectivity index (χ0) is 15.7. The fourth-order valence-electron chi connectivity index (χ4n) is 1.01. The summed E-state index contributed by atoms with van der Waals surface area (Å²) in [6.45, 7) is 0. The van der Waals surface area contributed by atoms with Gasteiger partial charge in [-0.1, -0.05) is 0 Å². The minimum Gasteiger partial charge on any atom is -0.497 e. The lowest BCUT2D eigenvalue weighted by Crippen LogP contribution is -2.02. The van der Waals surface area contributed by atoms with Crippen molar-refractivity contribution >= 4 is 23.6 Å². The number of hydrogen-bond acceptors (Lipinski definition) is 5. The molecular weight excluding hydrogens is 270 g/mol. The molecule has 8 heteroatoms. The van der Waals surface area contributed by atoms with Crippen molar-refractivity contribution < 1.29 is 34.4 Å². The second-order valence-corrected chi connectivity index (χ2v) is 3.27. The Morgan fingerprint density at radius 3 is 1.90 bits per heavy atom. The highest BCUT2D eigenvalue weighted by molar-refractivity contribution is 5.93. The van der Waals surface area contributed by atoms with E-state index in [9.17, 15) is 14.4 Å². The summed E-state index contributed by atoms with van der Waals surface area (Å²) in [4.78, 5) is 29.6. The Hall–Kier alpha value is -3.03. The van der Waals surface area contributed by atoms with E-state index in [2.05, 4.69) is 0 Å². The van der Waals surface area contributed by atoms with Gasteiger partial charge in [0.2, 0.25) is 0 Å². The van der Waals surface area contributed by atoms with E-state index in [0.29, 0.717) is 17.9 Å². The summed E-state index contributed by atoms with van der Waals surface area (Å²) >= 11 is 0. The lowest BCUT2D eigenvalue weighted by atomic mass is 10.2. The molecule has 0 saturated carbocycles. The number of carbonyl (C=O) groups is 3. The van der Waals surface area contributed by atoms with Crippen LogP contribution in [0.3, 0.4) is 0 Å². The van der Waals surface area contributed by atoms with Crippen molar-refractivity contribution in [2.24, 2.45) is 0 Å². The van der Waals surface area contributed by atoms with Gasteiger partial charge < -0.3 is 25.8 Å². The summed E-state index contributed by atoms with van der Waals surface area (Å²) in [5.74, 6) is -2.99. The number of benzene rings is 1. The molecule has 0 amide bonds. The third-order valence-electron chi connectivity index (χ3n) is 1.86. The molecule has 5 N–H and O–H groups in total. The number of nitrogen functional groups attached to an aromatic ring is 1. The number of rotatable bonds is 4. The molecule has 0 fully saturated rings. The van der Waals surface area contributed by atoms with Gasteiger partial charge in [-0.25, -0.2) is 14.4 Å². The molecule has 0 radical (unpaired) electrons. The minimum absolute atomic E-state index is 0.0933. The molecule has 0 heterocycles. The molecule has 0 unspecified atom stereocenters. The molecule has 0 aliphatic rings. The average Bonchev–Trinajstić information content (AvgIpc) is 2.36. The van der Waals surface area contributed by atoms with Crippen molar-refractivity contribution in [2.45, 2.75) is 0 Å². The van der Waals surface area contributed by atoms with Crippen LogP contribution < -0.4 is 10.5 Å². The van der Waals surface area contributed by atoms with Gasteiger partial charge in [-0.3, -0.25) is 0 Å². The second kappa shape index (κ2) is 8.14. The topological polar surface area (TPSA) is 147 Å². The number of aliphatic carboxylic acids is 2. The molecule has 108 valence electrons. The van der Waals surface area contributed by atoms with E-state index in [4.69, 9.17) is 25.8 Å². The van der Waals surface area contributed by atoms with Crippen LogP contribution in [0.5, 0.6) is 5.75 Å². The highest BCUT2D eigenvalue weighted by Gasteiger charge is 2.07. The zero-order valence-corrected chi connectivity index (χ0v) is 10.4. The van der Waals surface area contributed by atoms with Gasteiger partial charge in [0.15, 0.2) is 0 Å². The number of anilines is 1. The molecule has 0 aromatic heterocycles. The zero-order valence-electron chi connectivity index (χ0n) is 10.4. The van der Waals surface area contributed by atoms with Crippen LogP contribution in [0.2, 0.25) is 0 Å². The molecule has 1 aromatic rings. The van der Waals surface area contributed by atoms with Crippen molar-refractivity contribution in [3.8, 4) is 5.75 Å². The number of nitrogens with two attached hydrogens (primary N) is 1. The van der Waals surface area contributed by atoms with Crippen molar-refractivity contribution in [3.63, 3.8) is 0 Å². The Balaban J connectivity index is 0.000000396. The smallest absolute Gasteiger partial charge is 0.337 e. The van der Waals surface area contributed by atoms with E-state index < -0.39 is 17.9 Å². The normalized spacial score (nSPS) is 9.45. The molecule has 0 aliphatic carbocycles. The Kier molecular flexibility index (Phi) is 6.91. The highest BCUT2D eigenvalue weighted by atomic mass is 16.5. The van der Waals surface area contributed by atoms with Gasteiger partial charge in [-0.05, 0) is 12.1 Å². The fraction of sp³-hybridized carbons (Fsp3) is 0.0833. The van der Waals surface area contributed by atoms with Gasteiger partial charge in [0.25, 0.3) is 0 Å². The van der Waals surface area contributed by atoms with Crippen LogP contribution in [0.1, 0.15) is 10.4 Å². The molecule has 0 aliphatic heterocycles. The van der Waals surface area contributed by atoms with Crippen LogP contribution in [0.25, 0.3) is 0 Å². The first-order valence-corrected chi connectivity index (χ1v) is 5.08. The van der Waals surface area contributed by atoms with Crippen LogP contribution in [0, 0.1) is 0 Å². The van der Waals surface area contributed by atoms with E-state index in [1.807, 2.05) is 0 Å². The van der Waals surface area contributed by atoms with Gasteiger partial charge in [0, 0.05) is 23.9 Å². The third-order valence-corrected chi connectivity index (χ3v) is 1.86. The van der Waals surface area contributed by atoms with E-state index in [0.717, 1.165) is 0 Å². The Labute approximate surface area is 113 Å². The molecule has 0 spiro atoms. The third kappa shape index (κ3) is 6.64. The Morgan fingerprint density at radius 1 is 1.10 bits per heavy atom. The van der Waals surface area contributed by atoms with Gasteiger partial charge in [-0.15, -0.1) is 0 Å². The van der Waals surface area contributed by atoms with E-state index in [-0.39, 0.29) is 11.3 Å². The molecule has 1 rings (SSSR count). The van der Waals surface area contributed by atoms with Gasteiger partial charge in [-0.2, -0.15) is 0 Å². The number of hydrogen-bond donors (Lipinski definition) is 4. The average molecular weight is 283 g/mol. The number of ether oxygens (including phenoxy) is 1. The van der Waals surface area contributed by atoms with Crippen molar-refractivity contribution in [3.05, 3.63) is 35.9 Å². The summed E-state index contributed by atoms with van der Waals surface area (Å²) in [6.07, 6.45) is 1.12. The lowest BCUT2D eigenvalue weighted by molar-refractivity contribution is -0.134. The predicted octanol–water partition coefficient (Wildman–Crippen LogP) is 0.687.